The number of hydrogen-bond donors (Lipinski definition) is 2. The van der Waals surface area contributed by atoms with Crippen LogP contribution in [0.4, 0.5) is 5.69 Å². The van der Waals surface area contributed by atoms with Crippen molar-refractivity contribution in [3.63, 3.8) is 0 Å². The van der Waals surface area contributed by atoms with Crippen LogP contribution in [0.2, 0.25) is 0 Å². The lowest BCUT2D eigenvalue weighted by Crippen LogP contribution is -2.56. The molecule has 4 aromatic rings. The number of amides is 3. The number of fused-ring (bicyclic) bond motifs is 1. The number of H-pyrrole nitrogens is 1. The zero-order chi connectivity index (χ0) is 25.2. The molecule has 2 aromatic carbocycles. The molecule has 0 saturated carbocycles. The molecular weight excluding hydrogens is 462 g/mol. The molecule has 3 amide bonds. The highest BCUT2D eigenvalue weighted by Crippen LogP contribution is 2.27. The van der Waals surface area contributed by atoms with Gasteiger partial charge in [-0.3, -0.25) is 19.2 Å². The predicted octanol–water partition coefficient (Wildman–Crippen LogP) is 2.96. The van der Waals surface area contributed by atoms with E-state index in [9.17, 15) is 19.2 Å². The molecule has 10 nitrogen and oxygen atoms in total. The average molecular weight is 486 g/mol. The minimum Gasteiger partial charge on any atom is -0.359 e. The Morgan fingerprint density at radius 2 is 1.83 bits per heavy atom. The maximum absolute atomic E-state index is 13.2. The molecule has 5 rings (SSSR count). The molecule has 36 heavy (non-hydrogen) atoms. The van der Waals surface area contributed by atoms with Gasteiger partial charge in [0, 0.05) is 48.9 Å². The number of Topliss-reactive ketones (excluding diaryl/α,β-unsaturated/α-hetero) is 1. The Bertz CT molecular complexity index is 1440. The van der Waals surface area contributed by atoms with Crippen molar-refractivity contribution in [3.05, 3.63) is 83.9 Å². The van der Waals surface area contributed by atoms with Gasteiger partial charge >= 0.3 is 0 Å². The number of hydrogen-bond acceptors (Lipinski definition) is 6. The lowest BCUT2D eigenvalue weighted by atomic mass is 10.1. The van der Waals surface area contributed by atoms with E-state index in [1.54, 1.807) is 47.4 Å². The highest BCUT2D eigenvalue weighted by Gasteiger charge is 2.34. The lowest BCUT2D eigenvalue weighted by Gasteiger charge is -2.39. The van der Waals surface area contributed by atoms with Crippen molar-refractivity contribution in [1.29, 1.82) is 0 Å². The van der Waals surface area contributed by atoms with Crippen LogP contribution in [0.5, 0.6) is 0 Å². The molecule has 1 aliphatic heterocycles. The Balaban J connectivity index is 1.31. The molecule has 3 heterocycles. The highest BCUT2D eigenvalue weighted by atomic mass is 16.5. The van der Waals surface area contributed by atoms with Gasteiger partial charge in [0.2, 0.25) is 5.76 Å². The minimum absolute atomic E-state index is 0.0453. The van der Waals surface area contributed by atoms with Crippen molar-refractivity contribution in [2.75, 3.05) is 25.0 Å². The van der Waals surface area contributed by atoms with Crippen LogP contribution in [0.25, 0.3) is 10.9 Å². The van der Waals surface area contributed by atoms with Gasteiger partial charge in [0.05, 0.1) is 23.0 Å². The van der Waals surface area contributed by atoms with Crippen LogP contribution in [-0.4, -0.2) is 69.1 Å². The quantitative estimate of drug-likeness (QED) is 0.330. The predicted molar refractivity (Wildman–Crippen MR) is 131 cm³/mol. The van der Waals surface area contributed by atoms with Gasteiger partial charge in [0.1, 0.15) is 0 Å². The Morgan fingerprint density at radius 3 is 2.56 bits per heavy atom. The number of carbonyl (C=O) groups excluding carboxylic acids is 4. The fraction of sp³-hybridized carbons (Fsp3) is 0.192. The zero-order valence-corrected chi connectivity index (χ0v) is 19.4. The van der Waals surface area contributed by atoms with E-state index in [1.807, 2.05) is 13.0 Å². The van der Waals surface area contributed by atoms with E-state index >= 15 is 0 Å². The minimum atomic E-state index is -0.658. The second-order valence-electron chi connectivity index (χ2n) is 8.56. The summed E-state index contributed by atoms with van der Waals surface area (Å²) < 4.78 is 4.88. The standard InChI is InChI=1S/C26H23N5O5/c1-16-15-30(25(34)17-6-3-2-4-7-17)12-13-31(16)26(35)23(32)19-14-27-22-18(19)8-5-9-20(22)29-24(33)21-10-11-28-36-21/h2-11,14,16,27H,12-13,15H2,1H3,(H,29,33). The maximum atomic E-state index is 13.2. The molecule has 1 saturated heterocycles. The van der Waals surface area contributed by atoms with Gasteiger partial charge in [-0.15, -0.1) is 0 Å². The van der Waals surface area contributed by atoms with Gasteiger partial charge in [-0.2, -0.15) is 0 Å². The number of para-hydroxylation sites is 1. The summed E-state index contributed by atoms with van der Waals surface area (Å²) >= 11 is 0. The normalized spacial score (nSPS) is 15.6. The van der Waals surface area contributed by atoms with Crippen LogP contribution in [0.1, 0.15) is 38.2 Å². The molecule has 1 fully saturated rings. The molecule has 1 unspecified atom stereocenters. The largest absolute Gasteiger partial charge is 0.359 e. The molecule has 182 valence electrons. The number of aromatic nitrogens is 2. The van der Waals surface area contributed by atoms with Crippen molar-refractivity contribution < 1.29 is 23.7 Å². The Hall–Kier alpha value is -4.73. The smallest absolute Gasteiger partial charge is 0.295 e. The van der Waals surface area contributed by atoms with E-state index in [2.05, 4.69) is 15.5 Å². The van der Waals surface area contributed by atoms with Crippen LogP contribution in [-0.2, 0) is 4.79 Å². The monoisotopic (exact) mass is 485 g/mol. The molecule has 1 atom stereocenters. The summed E-state index contributed by atoms with van der Waals surface area (Å²) in [6.07, 6.45) is 2.83. The summed E-state index contributed by atoms with van der Waals surface area (Å²) in [6, 6.07) is 15.1. The van der Waals surface area contributed by atoms with E-state index in [1.165, 1.54) is 23.4 Å². The number of anilines is 1. The molecule has 0 spiro atoms. The van der Waals surface area contributed by atoms with Crippen molar-refractivity contribution in [3.8, 4) is 0 Å². The van der Waals surface area contributed by atoms with Gasteiger partial charge in [-0.05, 0) is 25.1 Å². The van der Waals surface area contributed by atoms with Gasteiger partial charge in [-0.25, -0.2) is 0 Å². The number of rotatable bonds is 5. The van der Waals surface area contributed by atoms with Crippen LogP contribution in [0, 0.1) is 0 Å². The molecule has 0 aliphatic carbocycles. The number of nitrogens with one attached hydrogen (secondary N) is 2. The fourth-order valence-corrected chi connectivity index (χ4v) is 4.42. The molecule has 1 aliphatic rings. The van der Waals surface area contributed by atoms with Crippen LogP contribution < -0.4 is 5.32 Å². The number of nitrogens with zero attached hydrogens (tertiary/aromatic N) is 3. The number of benzene rings is 2. The van der Waals surface area contributed by atoms with E-state index in [0.717, 1.165) is 0 Å². The van der Waals surface area contributed by atoms with E-state index in [0.29, 0.717) is 35.2 Å². The lowest BCUT2D eigenvalue weighted by molar-refractivity contribution is -0.130. The van der Waals surface area contributed by atoms with Crippen molar-refractivity contribution >= 4 is 40.1 Å². The van der Waals surface area contributed by atoms with Gasteiger partial charge in [0.25, 0.3) is 23.5 Å². The van der Waals surface area contributed by atoms with E-state index in [4.69, 9.17) is 4.52 Å². The number of ketones is 1. The first-order valence-electron chi connectivity index (χ1n) is 11.5. The SMILES string of the molecule is CC1CN(C(=O)c2ccccc2)CCN1C(=O)C(=O)c1c[nH]c2c(NC(=O)c3ccno3)cccc12. The first-order valence-corrected chi connectivity index (χ1v) is 11.5. The Labute approximate surface area is 205 Å². The van der Waals surface area contributed by atoms with Crippen LogP contribution in [0.15, 0.2) is 71.5 Å². The van der Waals surface area contributed by atoms with Crippen molar-refractivity contribution in [2.45, 2.75) is 13.0 Å². The second kappa shape index (κ2) is 9.49. The second-order valence-corrected chi connectivity index (χ2v) is 8.56. The van der Waals surface area contributed by atoms with Crippen molar-refractivity contribution in [2.24, 2.45) is 0 Å². The van der Waals surface area contributed by atoms with Crippen LogP contribution in [0.3, 0.4) is 0 Å². The Kier molecular flexibility index (Phi) is 6.07. The highest BCUT2D eigenvalue weighted by molar-refractivity contribution is 6.45. The summed E-state index contributed by atoms with van der Waals surface area (Å²) in [7, 11) is 0. The fourth-order valence-electron chi connectivity index (χ4n) is 4.42. The van der Waals surface area contributed by atoms with Crippen molar-refractivity contribution in [1.82, 2.24) is 19.9 Å². The van der Waals surface area contributed by atoms with Gasteiger partial charge in [0.15, 0.2) is 0 Å². The first-order chi connectivity index (χ1) is 17.4. The van der Waals surface area contributed by atoms with E-state index < -0.39 is 17.6 Å². The maximum Gasteiger partial charge on any atom is 0.295 e. The van der Waals surface area contributed by atoms with E-state index in [-0.39, 0.29) is 29.8 Å². The number of piperazine rings is 1. The summed E-state index contributed by atoms with van der Waals surface area (Å²) in [6.45, 7) is 2.74. The molecule has 10 heteroatoms. The number of carbonyl (C=O) groups is 4. The van der Waals surface area contributed by atoms with Gasteiger partial charge in [-0.1, -0.05) is 35.5 Å². The summed E-state index contributed by atoms with van der Waals surface area (Å²) in [5.74, 6) is -1.84. The molecule has 2 aromatic heterocycles. The zero-order valence-electron chi connectivity index (χ0n) is 19.4. The Morgan fingerprint density at radius 1 is 1.03 bits per heavy atom. The molecular formula is C26H23N5O5. The molecule has 0 bridgehead atoms. The third-order valence-corrected chi connectivity index (χ3v) is 6.26. The third-order valence-electron chi connectivity index (χ3n) is 6.26. The topological polar surface area (TPSA) is 129 Å². The average Bonchev–Trinajstić information content (AvgIpc) is 3.59. The first kappa shape index (κ1) is 23.0. The summed E-state index contributed by atoms with van der Waals surface area (Å²) in [4.78, 5) is 57.7. The molecule has 2 N–H and O–H groups in total. The third kappa shape index (κ3) is 4.24. The van der Waals surface area contributed by atoms with Crippen LogP contribution >= 0.6 is 0 Å². The summed E-state index contributed by atoms with van der Waals surface area (Å²) in [5, 5.41) is 6.75. The number of aromatic amines is 1. The molecule has 0 radical (unpaired) electrons. The summed E-state index contributed by atoms with van der Waals surface area (Å²) in [5.41, 5.74) is 1.74. The van der Waals surface area contributed by atoms with Gasteiger partial charge < -0.3 is 24.6 Å².